The average Bonchev–Trinajstić information content (AvgIpc) is 3.66. The van der Waals surface area contributed by atoms with Crippen LogP contribution in [-0.2, 0) is 29.0 Å². The Kier molecular flexibility index (Phi) is 10.0. The van der Waals surface area contributed by atoms with Crippen LogP contribution in [0.2, 0.25) is 0 Å². The lowest BCUT2D eigenvalue weighted by Crippen LogP contribution is -2.39. The number of aryl methyl sites for hydroxylation is 1. The zero-order valence-electron chi connectivity index (χ0n) is 27.2. The van der Waals surface area contributed by atoms with Gasteiger partial charge in [0.15, 0.2) is 0 Å². The molecule has 6 rings (SSSR count). The van der Waals surface area contributed by atoms with Gasteiger partial charge in [-0.2, -0.15) is 18.4 Å². The Labute approximate surface area is 286 Å². The number of benzene rings is 2. The Morgan fingerprint density at radius 2 is 1.92 bits per heavy atom. The fourth-order valence-electron chi connectivity index (χ4n) is 6.41. The summed E-state index contributed by atoms with van der Waals surface area (Å²) in [5.74, 6) is 0.298. The first kappa shape index (κ1) is 34.1. The highest BCUT2D eigenvalue weighted by molar-refractivity contribution is 7.18. The third-order valence-corrected chi connectivity index (χ3v) is 10.1. The molecule has 3 aromatic heterocycles. The summed E-state index contributed by atoms with van der Waals surface area (Å²) < 4.78 is 46.7. The predicted molar refractivity (Wildman–Crippen MR) is 186 cm³/mol. The van der Waals surface area contributed by atoms with Crippen molar-refractivity contribution < 1.29 is 22.7 Å². The minimum absolute atomic E-state index is 0.145. The van der Waals surface area contributed by atoms with E-state index < -0.39 is 12.6 Å². The van der Waals surface area contributed by atoms with Crippen LogP contribution in [0.1, 0.15) is 46.2 Å². The molecule has 2 aromatic carbocycles. The van der Waals surface area contributed by atoms with Crippen molar-refractivity contribution in [3.63, 3.8) is 0 Å². The molecule has 1 saturated heterocycles. The molecule has 2 N–H and O–H groups in total. The van der Waals surface area contributed by atoms with Gasteiger partial charge in [0.25, 0.3) is 0 Å². The predicted octanol–water partition coefficient (Wildman–Crippen LogP) is 7.52. The number of methoxy groups -OCH3 is 1. The maximum atomic E-state index is 13.0. The van der Waals surface area contributed by atoms with Crippen molar-refractivity contribution in [1.82, 2.24) is 19.4 Å². The summed E-state index contributed by atoms with van der Waals surface area (Å²) in [5, 5.41) is 17.9. The number of rotatable bonds is 11. The maximum Gasteiger partial charge on any atom is 0.393 e. The summed E-state index contributed by atoms with van der Waals surface area (Å²) in [6.45, 7) is 8.47. The number of anilines is 2. The second kappa shape index (κ2) is 14.4. The molecule has 0 spiro atoms. The molecule has 1 aliphatic rings. The van der Waals surface area contributed by atoms with Gasteiger partial charge in [0.1, 0.15) is 28.7 Å². The number of carbonyl (C=O) groups excluding carboxylic acids is 1. The molecular formula is C36H36F3N7O2S. The quantitative estimate of drug-likeness (QED) is 0.138. The van der Waals surface area contributed by atoms with E-state index >= 15 is 0 Å². The summed E-state index contributed by atoms with van der Waals surface area (Å²) >= 11 is 1.05. The highest BCUT2D eigenvalue weighted by atomic mass is 32.1. The van der Waals surface area contributed by atoms with Gasteiger partial charge in [-0.3, -0.25) is 9.69 Å². The Morgan fingerprint density at radius 3 is 2.59 bits per heavy atom. The van der Waals surface area contributed by atoms with Gasteiger partial charge in [-0.1, -0.05) is 24.8 Å². The number of piperidine rings is 1. The molecule has 1 unspecified atom stereocenters. The first-order valence-electron chi connectivity index (χ1n) is 15.9. The highest BCUT2D eigenvalue weighted by Crippen LogP contribution is 2.34. The van der Waals surface area contributed by atoms with Crippen LogP contribution in [0.5, 0.6) is 0 Å². The van der Waals surface area contributed by atoms with E-state index in [2.05, 4.69) is 57.2 Å². The summed E-state index contributed by atoms with van der Waals surface area (Å²) in [5.41, 5.74) is 5.40. The molecule has 9 nitrogen and oxygen atoms in total. The lowest BCUT2D eigenvalue weighted by molar-refractivity contribution is -0.126. The second-order valence-electron chi connectivity index (χ2n) is 12.2. The number of aromatic nitrogens is 3. The minimum atomic E-state index is -4.27. The van der Waals surface area contributed by atoms with Gasteiger partial charge in [0, 0.05) is 54.3 Å². The molecule has 254 valence electrons. The van der Waals surface area contributed by atoms with Gasteiger partial charge < -0.3 is 19.9 Å². The minimum Gasteiger partial charge on any atom is -0.375 e. The number of nitrogens with zero attached hydrogens (tertiary/aromatic N) is 5. The van der Waals surface area contributed by atoms with Crippen molar-refractivity contribution in [1.29, 1.82) is 5.26 Å². The van der Waals surface area contributed by atoms with Crippen LogP contribution in [0.4, 0.5) is 24.7 Å². The standard InChI is InChI=1S/C36H36F3N7O2S/c1-4-33(47)43-25-8-5-23(6-9-25)32(48-3)20-46-27(18-40)15-29-22(2)24(7-10-31(29)46)19-45-13-11-26(12-14-45)44-34-30-16-28(17-36(37,38)39)49-35(30)42-21-41-34/h4-10,15-16,21,26,32H,1,11-14,17,19-20H2,2-3H3,(H,43,47)(H,41,42,44). The third-order valence-electron chi connectivity index (χ3n) is 9.03. The lowest BCUT2D eigenvalue weighted by atomic mass is 10.0. The van der Waals surface area contributed by atoms with Gasteiger partial charge in [0.2, 0.25) is 5.91 Å². The normalized spacial score (nSPS) is 14.9. The van der Waals surface area contributed by atoms with E-state index in [0.29, 0.717) is 34.0 Å². The Hall–Kier alpha value is -4.77. The van der Waals surface area contributed by atoms with Crippen molar-refractivity contribution in [2.75, 3.05) is 30.8 Å². The Morgan fingerprint density at radius 1 is 1.16 bits per heavy atom. The molecule has 4 heterocycles. The van der Waals surface area contributed by atoms with E-state index in [0.717, 1.165) is 65.8 Å². The number of fused-ring (bicyclic) bond motifs is 2. The molecule has 1 amide bonds. The molecule has 13 heteroatoms. The molecule has 5 aromatic rings. The number of hydrogen-bond acceptors (Lipinski definition) is 8. The topological polar surface area (TPSA) is 108 Å². The van der Waals surface area contributed by atoms with Crippen molar-refractivity contribution >= 4 is 49.9 Å². The molecular weight excluding hydrogens is 652 g/mol. The molecule has 1 fully saturated rings. The summed E-state index contributed by atoms with van der Waals surface area (Å²) in [6.07, 6.45) is -1.21. The van der Waals surface area contributed by atoms with Crippen LogP contribution in [0, 0.1) is 18.3 Å². The first-order valence-corrected chi connectivity index (χ1v) is 16.7. The molecule has 0 saturated carbocycles. The number of likely N-dealkylation sites (tertiary alicyclic amines) is 1. The molecule has 0 radical (unpaired) electrons. The van der Waals surface area contributed by atoms with Gasteiger partial charge in [-0.25, -0.2) is 9.97 Å². The van der Waals surface area contributed by atoms with E-state index in [-0.39, 0.29) is 22.9 Å². The van der Waals surface area contributed by atoms with Crippen LogP contribution < -0.4 is 10.6 Å². The number of amides is 1. The number of halogens is 3. The molecule has 0 aliphatic carbocycles. The van der Waals surface area contributed by atoms with Gasteiger partial charge in [-0.05, 0) is 72.9 Å². The van der Waals surface area contributed by atoms with Crippen molar-refractivity contribution in [3.8, 4) is 6.07 Å². The summed E-state index contributed by atoms with van der Waals surface area (Å²) in [4.78, 5) is 23.4. The van der Waals surface area contributed by atoms with Crippen LogP contribution >= 0.6 is 11.3 Å². The molecule has 1 aliphatic heterocycles. The Balaban J connectivity index is 1.11. The van der Waals surface area contributed by atoms with Crippen LogP contribution in [0.3, 0.4) is 0 Å². The summed E-state index contributed by atoms with van der Waals surface area (Å²) in [6, 6.07) is 17.6. The van der Waals surface area contributed by atoms with Gasteiger partial charge in [0.05, 0.1) is 24.5 Å². The molecule has 0 bridgehead atoms. The summed E-state index contributed by atoms with van der Waals surface area (Å²) in [7, 11) is 1.64. The largest absolute Gasteiger partial charge is 0.393 e. The number of alkyl halides is 3. The fraction of sp³-hybridized carbons (Fsp3) is 0.333. The number of hydrogen-bond donors (Lipinski definition) is 2. The number of nitrogens with one attached hydrogen (secondary N) is 2. The average molecular weight is 688 g/mol. The SMILES string of the molecule is C=CC(=O)Nc1ccc(C(Cn2c(C#N)cc3c(C)c(CN4CCC(Nc5ncnc6sc(CC(F)(F)F)cc56)CC4)ccc32)OC)cc1. The number of carbonyl (C=O) groups is 1. The van der Waals surface area contributed by atoms with Gasteiger partial charge >= 0.3 is 6.18 Å². The monoisotopic (exact) mass is 687 g/mol. The van der Waals surface area contributed by atoms with Crippen molar-refractivity contribution in [2.45, 2.75) is 57.6 Å². The van der Waals surface area contributed by atoms with Crippen molar-refractivity contribution in [2.24, 2.45) is 0 Å². The van der Waals surface area contributed by atoms with Crippen LogP contribution in [0.25, 0.3) is 21.1 Å². The van der Waals surface area contributed by atoms with E-state index in [1.807, 2.05) is 34.9 Å². The zero-order chi connectivity index (χ0) is 34.7. The van der Waals surface area contributed by atoms with E-state index in [9.17, 15) is 23.2 Å². The third kappa shape index (κ3) is 7.77. The van der Waals surface area contributed by atoms with E-state index in [1.54, 1.807) is 13.2 Å². The lowest BCUT2D eigenvalue weighted by Gasteiger charge is -2.33. The highest BCUT2D eigenvalue weighted by Gasteiger charge is 2.29. The van der Waals surface area contributed by atoms with Crippen LogP contribution in [0.15, 0.2) is 67.5 Å². The second-order valence-corrected chi connectivity index (χ2v) is 13.3. The van der Waals surface area contributed by atoms with E-state index in [4.69, 9.17) is 4.74 Å². The van der Waals surface area contributed by atoms with Gasteiger partial charge in [-0.15, -0.1) is 11.3 Å². The first-order chi connectivity index (χ1) is 23.5. The maximum absolute atomic E-state index is 13.0. The zero-order valence-corrected chi connectivity index (χ0v) is 28.0. The molecule has 1 atom stereocenters. The number of thiophene rings is 1. The van der Waals surface area contributed by atoms with E-state index in [1.165, 1.54) is 18.0 Å². The van der Waals surface area contributed by atoms with Crippen LogP contribution in [-0.4, -0.2) is 57.8 Å². The van der Waals surface area contributed by atoms with Crippen molar-refractivity contribution in [3.05, 3.63) is 94.8 Å². The number of ether oxygens (including phenoxy) is 1. The number of nitriles is 1. The Bertz CT molecular complexity index is 2020. The fourth-order valence-corrected chi connectivity index (χ4v) is 7.44. The smallest absolute Gasteiger partial charge is 0.375 e. The molecule has 49 heavy (non-hydrogen) atoms.